The van der Waals surface area contributed by atoms with E-state index in [9.17, 15) is 18.0 Å². The van der Waals surface area contributed by atoms with Gasteiger partial charge in [0.15, 0.2) is 0 Å². The van der Waals surface area contributed by atoms with Gasteiger partial charge in [-0.3, -0.25) is 0 Å². The molecule has 3 rings (SSSR count). The number of rotatable bonds is 4. The number of alkyl halides is 3. The van der Waals surface area contributed by atoms with Gasteiger partial charge in [0.25, 0.3) is 0 Å². The summed E-state index contributed by atoms with van der Waals surface area (Å²) in [4.78, 5) is 11.1. The predicted octanol–water partition coefficient (Wildman–Crippen LogP) is 3.63. The summed E-state index contributed by atoms with van der Waals surface area (Å²) in [7, 11) is 0. The van der Waals surface area contributed by atoms with E-state index in [1.165, 1.54) is 12.1 Å². The predicted molar refractivity (Wildman–Crippen MR) is 95.5 cm³/mol. The van der Waals surface area contributed by atoms with Gasteiger partial charge in [-0.1, -0.05) is 0 Å². The largest absolute Gasteiger partial charge is 0.434 e. The van der Waals surface area contributed by atoms with E-state index < -0.39 is 17.5 Å². The van der Waals surface area contributed by atoms with E-state index in [1.807, 2.05) is 6.92 Å². The fraction of sp³-hybridized carbons (Fsp3) is 0.556. The highest BCUT2D eigenvalue weighted by atomic mass is 19.4. The lowest BCUT2D eigenvalue weighted by Gasteiger charge is -2.29. The molecule has 1 atom stereocenters. The lowest BCUT2D eigenvalue weighted by Crippen LogP contribution is -2.31. The molecule has 0 spiro atoms. The van der Waals surface area contributed by atoms with E-state index in [-0.39, 0.29) is 17.6 Å². The number of aromatic amines is 1. The Balaban J connectivity index is 1.87. The lowest BCUT2D eigenvalue weighted by atomic mass is 9.89. The SMILES string of the molecule is C[C@H](Nc1cc(-c2n[nH]c(=O)o2)ccc1C(F)(F)F)C1CCCNCCC1. The van der Waals surface area contributed by atoms with Crippen LogP contribution in [0.4, 0.5) is 18.9 Å². The van der Waals surface area contributed by atoms with E-state index >= 15 is 0 Å². The van der Waals surface area contributed by atoms with Gasteiger partial charge in [-0.25, -0.2) is 9.89 Å². The van der Waals surface area contributed by atoms with Crippen molar-refractivity contribution < 1.29 is 17.6 Å². The first-order valence-electron chi connectivity index (χ1n) is 9.09. The molecule has 1 aliphatic rings. The lowest BCUT2D eigenvalue weighted by molar-refractivity contribution is -0.137. The van der Waals surface area contributed by atoms with Crippen LogP contribution in [0, 0.1) is 5.92 Å². The van der Waals surface area contributed by atoms with Gasteiger partial charge in [-0.2, -0.15) is 13.2 Å². The van der Waals surface area contributed by atoms with E-state index in [0.29, 0.717) is 11.5 Å². The van der Waals surface area contributed by atoms with Gasteiger partial charge in [0.1, 0.15) is 0 Å². The maximum atomic E-state index is 13.5. The molecule has 3 N–H and O–H groups in total. The topological polar surface area (TPSA) is 83.0 Å². The first-order chi connectivity index (χ1) is 12.8. The standard InChI is InChI=1S/C18H23F3N4O2/c1-11(12-4-2-8-22-9-3-5-12)23-15-10-13(16-24-25-17(26)27-16)6-7-14(15)18(19,20)21/h6-7,10-12,22-23H,2-5,8-9H2,1H3,(H,25,26)/t11-/m0/s1. The quantitative estimate of drug-likeness (QED) is 0.750. The van der Waals surface area contributed by atoms with Crippen LogP contribution in [-0.2, 0) is 6.18 Å². The number of halogens is 3. The second-order valence-electron chi connectivity index (χ2n) is 6.90. The Hall–Kier alpha value is -2.29. The molecule has 0 radical (unpaired) electrons. The summed E-state index contributed by atoms with van der Waals surface area (Å²) in [6.07, 6.45) is -0.576. The summed E-state index contributed by atoms with van der Waals surface area (Å²) in [6.45, 7) is 3.79. The van der Waals surface area contributed by atoms with Crippen LogP contribution in [0.15, 0.2) is 27.4 Å². The average Bonchev–Trinajstić information content (AvgIpc) is 3.00. The molecule has 6 nitrogen and oxygen atoms in total. The van der Waals surface area contributed by atoms with Crippen LogP contribution in [0.5, 0.6) is 0 Å². The number of H-pyrrole nitrogens is 1. The zero-order valence-electron chi connectivity index (χ0n) is 15.0. The third-order valence-electron chi connectivity index (χ3n) is 4.96. The highest BCUT2D eigenvalue weighted by molar-refractivity contribution is 5.65. The number of aromatic nitrogens is 2. The van der Waals surface area contributed by atoms with E-state index in [1.54, 1.807) is 0 Å². The molecule has 1 fully saturated rings. The van der Waals surface area contributed by atoms with Gasteiger partial charge >= 0.3 is 11.9 Å². The van der Waals surface area contributed by atoms with Crippen molar-refractivity contribution in [2.24, 2.45) is 5.92 Å². The minimum Gasteiger partial charge on any atom is -0.388 e. The number of benzene rings is 1. The highest BCUT2D eigenvalue weighted by Crippen LogP contribution is 2.38. The number of hydrogen-bond acceptors (Lipinski definition) is 5. The fourth-order valence-corrected chi connectivity index (χ4v) is 3.51. The minimum atomic E-state index is -4.49. The molecular weight excluding hydrogens is 361 g/mol. The second-order valence-corrected chi connectivity index (χ2v) is 6.90. The van der Waals surface area contributed by atoms with Crippen LogP contribution in [0.2, 0.25) is 0 Å². The van der Waals surface area contributed by atoms with Gasteiger partial charge in [-0.15, -0.1) is 5.10 Å². The summed E-state index contributed by atoms with van der Waals surface area (Å²) in [5.74, 6) is -0.502. The molecule has 1 aromatic carbocycles. The van der Waals surface area contributed by atoms with Gasteiger partial charge in [0.2, 0.25) is 5.89 Å². The third-order valence-corrected chi connectivity index (χ3v) is 4.96. The zero-order chi connectivity index (χ0) is 19.4. The summed E-state index contributed by atoms with van der Waals surface area (Å²) in [5, 5.41) is 12.2. The molecule has 27 heavy (non-hydrogen) atoms. The van der Waals surface area contributed by atoms with Gasteiger partial charge in [0, 0.05) is 17.3 Å². The maximum absolute atomic E-state index is 13.5. The molecule has 1 saturated heterocycles. The Morgan fingerprint density at radius 3 is 2.56 bits per heavy atom. The monoisotopic (exact) mass is 384 g/mol. The summed E-state index contributed by atoms with van der Waals surface area (Å²) < 4.78 is 45.2. The average molecular weight is 384 g/mol. The van der Waals surface area contributed by atoms with Crippen LogP contribution in [-0.4, -0.2) is 29.3 Å². The summed E-state index contributed by atoms with van der Waals surface area (Å²) >= 11 is 0. The number of anilines is 1. The van der Waals surface area contributed by atoms with E-state index in [4.69, 9.17) is 4.42 Å². The Morgan fingerprint density at radius 1 is 1.26 bits per heavy atom. The molecule has 0 unspecified atom stereocenters. The number of hydrogen-bond donors (Lipinski definition) is 3. The third kappa shape index (κ3) is 4.91. The van der Waals surface area contributed by atoms with Crippen LogP contribution >= 0.6 is 0 Å². The Kier molecular flexibility index (Phi) is 5.88. The van der Waals surface area contributed by atoms with Crippen molar-refractivity contribution in [3.8, 4) is 11.5 Å². The Bertz CT molecular complexity index is 807. The summed E-state index contributed by atoms with van der Waals surface area (Å²) in [5.41, 5.74) is -0.472. The molecule has 148 valence electrons. The second kappa shape index (κ2) is 8.16. The molecule has 2 aromatic rings. The molecule has 0 aliphatic carbocycles. The molecular formula is C18H23F3N4O2. The maximum Gasteiger partial charge on any atom is 0.434 e. The smallest absolute Gasteiger partial charge is 0.388 e. The van der Waals surface area contributed by atoms with Gasteiger partial charge < -0.3 is 15.1 Å². The fourth-order valence-electron chi connectivity index (χ4n) is 3.51. The normalized spacial score (nSPS) is 17.9. The van der Waals surface area contributed by atoms with Gasteiger partial charge in [0.05, 0.1) is 5.56 Å². The van der Waals surface area contributed by atoms with Crippen molar-refractivity contribution in [1.82, 2.24) is 15.5 Å². The highest BCUT2D eigenvalue weighted by Gasteiger charge is 2.34. The zero-order valence-corrected chi connectivity index (χ0v) is 15.0. The van der Waals surface area contributed by atoms with E-state index in [2.05, 4.69) is 20.8 Å². The Morgan fingerprint density at radius 2 is 1.96 bits per heavy atom. The summed E-state index contributed by atoms with van der Waals surface area (Å²) in [6, 6.07) is 3.45. The van der Waals surface area contributed by atoms with Crippen LogP contribution < -0.4 is 16.4 Å². The van der Waals surface area contributed by atoms with Crippen molar-refractivity contribution >= 4 is 5.69 Å². The van der Waals surface area contributed by atoms with Crippen molar-refractivity contribution in [1.29, 1.82) is 0 Å². The molecule has 0 bridgehead atoms. The minimum absolute atomic E-state index is 0.0293. The van der Waals surface area contributed by atoms with Crippen molar-refractivity contribution in [3.05, 3.63) is 34.3 Å². The Labute approximate surface area is 154 Å². The van der Waals surface area contributed by atoms with Crippen LogP contribution in [0.3, 0.4) is 0 Å². The number of nitrogens with one attached hydrogen (secondary N) is 3. The molecule has 1 aromatic heterocycles. The van der Waals surface area contributed by atoms with Crippen molar-refractivity contribution in [3.63, 3.8) is 0 Å². The first-order valence-corrected chi connectivity index (χ1v) is 9.09. The van der Waals surface area contributed by atoms with E-state index in [0.717, 1.165) is 44.8 Å². The molecule has 0 amide bonds. The molecule has 9 heteroatoms. The van der Waals surface area contributed by atoms with Gasteiger partial charge in [-0.05, 0) is 69.8 Å². The van der Waals surface area contributed by atoms with Crippen molar-refractivity contribution in [2.75, 3.05) is 18.4 Å². The van der Waals surface area contributed by atoms with Crippen LogP contribution in [0.1, 0.15) is 38.2 Å². The molecule has 1 aliphatic heterocycles. The first kappa shape index (κ1) is 19.5. The van der Waals surface area contributed by atoms with Crippen LogP contribution in [0.25, 0.3) is 11.5 Å². The molecule has 2 heterocycles. The molecule has 0 saturated carbocycles. The van der Waals surface area contributed by atoms with Crippen molar-refractivity contribution in [2.45, 2.75) is 44.8 Å². The number of nitrogens with zero attached hydrogens (tertiary/aromatic N) is 1.